The molecular weight excluding hydrogens is 234 g/mol. The number of aromatic hydroxyl groups is 1. The van der Waals surface area contributed by atoms with Gasteiger partial charge in [-0.3, -0.25) is 0 Å². The first-order chi connectivity index (χ1) is 9.34. The molecule has 94 valence electrons. The monoisotopic (exact) mass is 249 g/mol. The van der Waals surface area contributed by atoms with Gasteiger partial charge in [-0.25, -0.2) is 0 Å². The molecule has 2 heteroatoms. The van der Waals surface area contributed by atoms with Gasteiger partial charge in [0.1, 0.15) is 0 Å². The van der Waals surface area contributed by atoms with Gasteiger partial charge in [0.15, 0.2) is 5.88 Å². The van der Waals surface area contributed by atoms with E-state index in [1.165, 1.54) is 5.56 Å². The lowest BCUT2D eigenvalue weighted by molar-refractivity contribution is 0.426. The van der Waals surface area contributed by atoms with E-state index in [0.717, 1.165) is 11.1 Å². The second-order valence-electron chi connectivity index (χ2n) is 4.53. The lowest BCUT2D eigenvalue weighted by atomic mass is 10.1. The van der Waals surface area contributed by atoms with Crippen LogP contribution in [0.15, 0.2) is 72.9 Å². The standard InChI is InChI=1S/C17H15NO/c19-17-16(15-9-5-2-6-10-15)11-12-18(17)13-14-7-3-1-4-8-14/h1-12,19H,13H2. The third-order valence-electron chi connectivity index (χ3n) is 3.21. The molecule has 0 aliphatic rings. The van der Waals surface area contributed by atoms with Gasteiger partial charge >= 0.3 is 0 Å². The van der Waals surface area contributed by atoms with Gasteiger partial charge < -0.3 is 9.67 Å². The number of nitrogens with zero attached hydrogens (tertiary/aromatic N) is 1. The minimum atomic E-state index is 0.315. The summed E-state index contributed by atoms with van der Waals surface area (Å²) in [4.78, 5) is 0. The summed E-state index contributed by atoms with van der Waals surface area (Å²) < 4.78 is 1.86. The van der Waals surface area contributed by atoms with Gasteiger partial charge in [-0.15, -0.1) is 0 Å². The molecule has 0 spiro atoms. The molecule has 2 nitrogen and oxygen atoms in total. The fraction of sp³-hybridized carbons (Fsp3) is 0.0588. The van der Waals surface area contributed by atoms with Crippen LogP contribution in [0.4, 0.5) is 0 Å². The third-order valence-corrected chi connectivity index (χ3v) is 3.21. The Morgan fingerprint density at radius 2 is 1.42 bits per heavy atom. The molecule has 1 heterocycles. The molecule has 1 aromatic heterocycles. The quantitative estimate of drug-likeness (QED) is 0.748. The van der Waals surface area contributed by atoms with Crippen LogP contribution in [-0.2, 0) is 6.54 Å². The maximum absolute atomic E-state index is 10.3. The molecule has 1 N–H and O–H groups in total. The van der Waals surface area contributed by atoms with E-state index in [-0.39, 0.29) is 0 Å². The van der Waals surface area contributed by atoms with Gasteiger partial charge in [0.05, 0.1) is 6.54 Å². The molecule has 0 bridgehead atoms. The highest BCUT2D eigenvalue weighted by Crippen LogP contribution is 2.30. The predicted octanol–water partition coefficient (Wildman–Crippen LogP) is 3.91. The summed E-state index contributed by atoms with van der Waals surface area (Å²) in [5.41, 5.74) is 3.08. The van der Waals surface area contributed by atoms with Crippen LogP contribution < -0.4 is 0 Å². The fourth-order valence-electron chi connectivity index (χ4n) is 2.22. The largest absolute Gasteiger partial charge is 0.494 e. The summed E-state index contributed by atoms with van der Waals surface area (Å²) >= 11 is 0. The molecule has 0 amide bonds. The first-order valence-corrected chi connectivity index (χ1v) is 6.32. The molecule has 0 unspecified atom stereocenters. The van der Waals surface area contributed by atoms with Gasteiger partial charge in [-0.2, -0.15) is 0 Å². The number of rotatable bonds is 3. The van der Waals surface area contributed by atoms with Gasteiger partial charge in [-0.05, 0) is 17.2 Å². The molecule has 0 radical (unpaired) electrons. The van der Waals surface area contributed by atoms with E-state index in [1.54, 1.807) is 0 Å². The normalized spacial score (nSPS) is 10.5. The average molecular weight is 249 g/mol. The van der Waals surface area contributed by atoms with Crippen molar-refractivity contribution >= 4 is 0 Å². The first-order valence-electron chi connectivity index (χ1n) is 6.32. The van der Waals surface area contributed by atoms with E-state index in [2.05, 4.69) is 12.1 Å². The van der Waals surface area contributed by atoms with Crippen molar-refractivity contribution in [3.05, 3.63) is 78.5 Å². The summed E-state index contributed by atoms with van der Waals surface area (Å²) in [5.74, 6) is 0.315. The molecule has 0 fully saturated rings. The molecule has 0 aliphatic heterocycles. The van der Waals surface area contributed by atoms with Crippen molar-refractivity contribution < 1.29 is 5.11 Å². The zero-order valence-corrected chi connectivity index (χ0v) is 10.5. The average Bonchev–Trinajstić information content (AvgIpc) is 2.82. The Labute approximate surface area is 112 Å². The molecule has 2 aromatic carbocycles. The SMILES string of the molecule is Oc1c(-c2ccccc2)ccn1Cc1ccccc1. The van der Waals surface area contributed by atoms with Gasteiger partial charge in [-0.1, -0.05) is 60.7 Å². The van der Waals surface area contributed by atoms with Gasteiger partial charge in [0.25, 0.3) is 0 Å². The maximum Gasteiger partial charge on any atom is 0.199 e. The van der Waals surface area contributed by atoms with Crippen molar-refractivity contribution in [2.24, 2.45) is 0 Å². The lowest BCUT2D eigenvalue weighted by Crippen LogP contribution is -1.96. The van der Waals surface area contributed by atoms with Gasteiger partial charge in [0, 0.05) is 11.8 Å². The Kier molecular flexibility index (Phi) is 3.07. The third kappa shape index (κ3) is 2.38. The minimum absolute atomic E-state index is 0.315. The van der Waals surface area contributed by atoms with Crippen LogP contribution in [0.2, 0.25) is 0 Å². The molecule has 3 rings (SSSR count). The summed E-state index contributed by atoms with van der Waals surface area (Å²) in [6, 6.07) is 22.0. The van der Waals surface area contributed by atoms with E-state index >= 15 is 0 Å². The number of aromatic nitrogens is 1. The summed E-state index contributed by atoms with van der Waals surface area (Å²) in [7, 11) is 0. The predicted molar refractivity (Wildman–Crippen MR) is 77.1 cm³/mol. The van der Waals surface area contributed by atoms with Crippen LogP contribution in [0, 0.1) is 0 Å². The highest BCUT2D eigenvalue weighted by Gasteiger charge is 2.09. The van der Waals surface area contributed by atoms with Crippen LogP contribution in [0.5, 0.6) is 5.88 Å². The second-order valence-corrected chi connectivity index (χ2v) is 4.53. The number of hydrogen-bond acceptors (Lipinski definition) is 1. The minimum Gasteiger partial charge on any atom is -0.494 e. The van der Waals surface area contributed by atoms with E-state index in [0.29, 0.717) is 12.4 Å². The summed E-state index contributed by atoms with van der Waals surface area (Å²) in [5, 5.41) is 10.3. The van der Waals surface area contributed by atoms with E-state index < -0.39 is 0 Å². The molecule has 0 saturated heterocycles. The summed E-state index contributed by atoms with van der Waals surface area (Å²) in [6.07, 6.45) is 1.92. The van der Waals surface area contributed by atoms with Crippen LogP contribution in [0.1, 0.15) is 5.56 Å². The Bertz CT molecular complexity index is 656. The first kappa shape index (κ1) is 11.6. The van der Waals surface area contributed by atoms with Crippen molar-refractivity contribution in [3.63, 3.8) is 0 Å². The van der Waals surface area contributed by atoms with Crippen LogP contribution in [0.25, 0.3) is 11.1 Å². The van der Waals surface area contributed by atoms with Crippen LogP contribution >= 0.6 is 0 Å². The number of benzene rings is 2. The fourth-order valence-corrected chi connectivity index (χ4v) is 2.22. The second kappa shape index (κ2) is 5.02. The molecular formula is C17H15NO. The molecule has 0 atom stereocenters. The van der Waals surface area contributed by atoms with Crippen molar-refractivity contribution in [1.82, 2.24) is 4.57 Å². The Morgan fingerprint density at radius 3 is 2.11 bits per heavy atom. The van der Waals surface area contributed by atoms with Crippen LogP contribution in [-0.4, -0.2) is 9.67 Å². The van der Waals surface area contributed by atoms with Crippen molar-refractivity contribution in [2.75, 3.05) is 0 Å². The molecule has 19 heavy (non-hydrogen) atoms. The molecule has 3 aromatic rings. The molecule has 0 aliphatic carbocycles. The lowest BCUT2D eigenvalue weighted by Gasteiger charge is -2.06. The Morgan fingerprint density at radius 1 is 0.789 bits per heavy atom. The smallest absolute Gasteiger partial charge is 0.199 e. The number of hydrogen-bond donors (Lipinski definition) is 1. The zero-order valence-electron chi connectivity index (χ0n) is 10.5. The van der Waals surface area contributed by atoms with E-state index in [1.807, 2.05) is 65.4 Å². The van der Waals surface area contributed by atoms with Crippen molar-refractivity contribution in [3.8, 4) is 17.0 Å². The summed E-state index contributed by atoms with van der Waals surface area (Å²) in [6.45, 7) is 0.680. The topological polar surface area (TPSA) is 25.2 Å². The van der Waals surface area contributed by atoms with Gasteiger partial charge in [0.2, 0.25) is 0 Å². The van der Waals surface area contributed by atoms with Crippen molar-refractivity contribution in [2.45, 2.75) is 6.54 Å². The Balaban J connectivity index is 1.92. The highest BCUT2D eigenvalue weighted by molar-refractivity contribution is 5.68. The van der Waals surface area contributed by atoms with E-state index in [9.17, 15) is 5.11 Å². The maximum atomic E-state index is 10.3. The Hall–Kier alpha value is -2.48. The van der Waals surface area contributed by atoms with Crippen LogP contribution in [0.3, 0.4) is 0 Å². The molecule has 0 saturated carbocycles. The van der Waals surface area contributed by atoms with Crippen molar-refractivity contribution in [1.29, 1.82) is 0 Å². The highest BCUT2D eigenvalue weighted by atomic mass is 16.3. The van der Waals surface area contributed by atoms with E-state index in [4.69, 9.17) is 0 Å². The zero-order chi connectivity index (χ0) is 13.1.